The number of rotatable bonds is 6. The largest absolute Gasteiger partial charge is 0.406 e. The highest BCUT2D eigenvalue weighted by atomic mass is 16.7. The summed E-state index contributed by atoms with van der Waals surface area (Å²) in [7, 11) is 3.85. The molecule has 2 aromatic rings. The fourth-order valence-corrected chi connectivity index (χ4v) is 3.82. The zero-order valence-corrected chi connectivity index (χ0v) is 22.4. The van der Waals surface area contributed by atoms with Gasteiger partial charge in [-0.1, -0.05) is 93.5 Å². The fraction of sp³-hybridized carbons (Fsp3) is 0.552. The average molecular weight is 437 g/mol. The summed E-state index contributed by atoms with van der Waals surface area (Å²) in [5.41, 5.74) is 7.12. The van der Waals surface area contributed by atoms with Crippen molar-refractivity contribution in [1.82, 2.24) is 5.06 Å². The quantitative estimate of drug-likeness (QED) is 0.337. The van der Waals surface area contributed by atoms with Gasteiger partial charge in [0.2, 0.25) is 0 Å². The lowest BCUT2D eigenvalue weighted by molar-refractivity contribution is -0.00532. The average Bonchev–Trinajstić information content (AvgIpc) is 2.64. The third-order valence-corrected chi connectivity index (χ3v) is 5.74. The first-order valence-corrected chi connectivity index (χ1v) is 11.8. The summed E-state index contributed by atoms with van der Waals surface area (Å²) in [5, 5.41) is 1.76. The van der Waals surface area contributed by atoms with Gasteiger partial charge in [-0.15, -0.1) is 0 Å². The van der Waals surface area contributed by atoms with Crippen LogP contribution in [0.5, 0.6) is 5.75 Å². The maximum atomic E-state index is 6.26. The lowest BCUT2D eigenvalue weighted by Gasteiger charge is -2.29. The van der Waals surface area contributed by atoms with Crippen LogP contribution < -0.4 is 4.84 Å². The number of hydrogen-bond donors (Lipinski definition) is 0. The fourth-order valence-electron chi connectivity index (χ4n) is 3.82. The van der Waals surface area contributed by atoms with Gasteiger partial charge >= 0.3 is 0 Å². The van der Waals surface area contributed by atoms with E-state index in [0.717, 1.165) is 17.0 Å². The van der Waals surface area contributed by atoms with E-state index in [1.807, 2.05) is 20.3 Å². The van der Waals surface area contributed by atoms with Crippen LogP contribution in [0.2, 0.25) is 0 Å². The molecule has 176 valence electrons. The maximum absolute atomic E-state index is 6.26. The second kappa shape index (κ2) is 9.79. The summed E-state index contributed by atoms with van der Waals surface area (Å²) in [6, 6.07) is 11.1. The van der Waals surface area contributed by atoms with E-state index in [1.54, 1.807) is 5.06 Å². The van der Waals surface area contributed by atoms with E-state index in [-0.39, 0.29) is 10.8 Å². The molecule has 0 aliphatic heterocycles. The molecule has 32 heavy (non-hydrogen) atoms. The highest BCUT2D eigenvalue weighted by Gasteiger charge is 2.26. The van der Waals surface area contributed by atoms with Crippen molar-refractivity contribution in [3.05, 3.63) is 58.1 Å². The molecule has 0 atom stereocenters. The third kappa shape index (κ3) is 6.22. The minimum atomic E-state index is -0.0614. The lowest BCUT2D eigenvalue weighted by atomic mass is 9.79. The van der Waals surface area contributed by atoms with Crippen LogP contribution in [0.4, 0.5) is 5.69 Å². The van der Waals surface area contributed by atoms with Gasteiger partial charge in [-0.05, 0) is 45.4 Å². The van der Waals surface area contributed by atoms with Gasteiger partial charge in [0.25, 0.3) is 0 Å². The molecule has 0 N–H and O–H groups in total. The van der Waals surface area contributed by atoms with E-state index in [1.165, 1.54) is 22.3 Å². The first-order chi connectivity index (χ1) is 14.6. The minimum absolute atomic E-state index is 0.0260. The first kappa shape index (κ1) is 26.1. The molecule has 0 aliphatic carbocycles. The Kier molecular flexibility index (Phi) is 7.99. The summed E-state index contributed by atoms with van der Waals surface area (Å²) in [6.07, 6.45) is 2.01. The Bertz CT molecular complexity index is 928. The van der Waals surface area contributed by atoms with Gasteiger partial charge in [-0.3, -0.25) is 4.99 Å². The smallest absolute Gasteiger partial charge is 0.159 e. The van der Waals surface area contributed by atoms with Crippen LogP contribution in [0, 0.1) is 0 Å². The van der Waals surface area contributed by atoms with Gasteiger partial charge in [0, 0.05) is 31.4 Å². The van der Waals surface area contributed by atoms with Gasteiger partial charge in [0.15, 0.2) is 5.75 Å². The van der Waals surface area contributed by atoms with Gasteiger partial charge in [0.05, 0.1) is 5.69 Å². The van der Waals surface area contributed by atoms with Crippen molar-refractivity contribution in [2.75, 3.05) is 14.1 Å². The molecule has 0 spiro atoms. The van der Waals surface area contributed by atoms with E-state index in [9.17, 15) is 0 Å². The number of para-hydroxylation sites is 1. The van der Waals surface area contributed by atoms with Crippen molar-refractivity contribution in [3.8, 4) is 5.75 Å². The van der Waals surface area contributed by atoms with Crippen LogP contribution in [0.3, 0.4) is 0 Å². The summed E-state index contributed by atoms with van der Waals surface area (Å²) in [5.74, 6) is 1.70. The molecule has 0 heterocycles. The Morgan fingerprint density at radius 3 is 1.78 bits per heavy atom. The van der Waals surface area contributed by atoms with Crippen LogP contribution in [0.15, 0.2) is 35.3 Å². The van der Waals surface area contributed by atoms with Crippen molar-refractivity contribution < 1.29 is 4.84 Å². The Morgan fingerprint density at radius 2 is 1.38 bits per heavy atom. The van der Waals surface area contributed by atoms with Crippen LogP contribution in [-0.4, -0.2) is 25.4 Å². The zero-order valence-electron chi connectivity index (χ0n) is 22.4. The number of hydroxylamine groups is 2. The highest BCUT2D eigenvalue weighted by molar-refractivity contribution is 5.87. The van der Waals surface area contributed by atoms with Crippen LogP contribution in [0.1, 0.15) is 109 Å². The number of aliphatic imine (C=N–C) groups is 1. The molecule has 0 aromatic heterocycles. The summed E-state index contributed by atoms with van der Waals surface area (Å²) in [4.78, 5) is 11.4. The van der Waals surface area contributed by atoms with E-state index < -0.39 is 0 Å². The normalized spacial score (nSPS) is 13.1. The van der Waals surface area contributed by atoms with Crippen LogP contribution in [0.25, 0.3) is 0 Å². The molecule has 0 unspecified atom stereocenters. The Hall–Kier alpha value is -2.13. The number of benzene rings is 2. The predicted octanol–water partition coefficient (Wildman–Crippen LogP) is 8.13. The molecule has 3 heteroatoms. The lowest BCUT2D eigenvalue weighted by Crippen LogP contribution is -2.23. The molecule has 0 bridgehead atoms. The van der Waals surface area contributed by atoms with Crippen LogP contribution >= 0.6 is 0 Å². The molecule has 3 nitrogen and oxygen atoms in total. The Morgan fingerprint density at radius 1 is 0.844 bits per heavy atom. The molecule has 2 rings (SSSR count). The maximum Gasteiger partial charge on any atom is 0.159 e. The minimum Gasteiger partial charge on any atom is -0.406 e. The SMILES string of the molecule is CC(C)c1cccc(C(C)C)c1N=Cc1cc(C(C)(C)C)cc(C(C)(C)C)c1ON(C)C. The van der Waals surface area contributed by atoms with Gasteiger partial charge in [-0.25, -0.2) is 0 Å². The summed E-state index contributed by atoms with van der Waals surface area (Å²) >= 11 is 0. The summed E-state index contributed by atoms with van der Waals surface area (Å²) in [6.45, 7) is 22.4. The standard InChI is InChI=1S/C29H44N2O/c1-19(2)23-14-13-15-24(20(3)4)26(23)30-18-21-16-22(28(5,6)7)17-25(29(8,9)10)27(21)32-31(11)12/h13-20H,1-12H3. The van der Waals surface area contributed by atoms with Crippen molar-refractivity contribution in [3.63, 3.8) is 0 Å². The first-order valence-electron chi connectivity index (χ1n) is 11.8. The van der Waals surface area contributed by atoms with Crippen molar-refractivity contribution in [2.45, 2.75) is 91.9 Å². The number of hydrogen-bond acceptors (Lipinski definition) is 3. The predicted molar refractivity (Wildman–Crippen MR) is 140 cm³/mol. The molecule has 0 aliphatic rings. The van der Waals surface area contributed by atoms with Crippen molar-refractivity contribution in [1.29, 1.82) is 0 Å². The molecule has 0 fully saturated rings. The molecular formula is C29H44N2O. The van der Waals surface area contributed by atoms with Gasteiger partial charge in [0.1, 0.15) is 0 Å². The van der Waals surface area contributed by atoms with Crippen molar-refractivity contribution in [2.24, 2.45) is 4.99 Å². The summed E-state index contributed by atoms with van der Waals surface area (Å²) < 4.78 is 0. The highest BCUT2D eigenvalue weighted by Crippen LogP contribution is 2.39. The molecule has 0 radical (unpaired) electrons. The Balaban J connectivity index is 2.81. The Labute approximate surface area is 196 Å². The second-order valence-electron chi connectivity index (χ2n) is 11.7. The monoisotopic (exact) mass is 436 g/mol. The second-order valence-corrected chi connectivity index (χ2v) is 11.7. The van der Waals surface area contributed by atoms with E-state index in [4.69, 9.17) is 9.83 Å². The van der Waals surface area contributed by atoms with Crippen LogP contribution in [-0.2, 0) is 10.8 Å². The molecule has 0 saturated heterocycles. The van der Waals surface area contributed by atoms with Gasteiger partial charge in [-0.2, -0.15) is 5.06 Å². The molecule has 0 amide bonds. The van der Waals surface area contributed by atoms with E-state index >= 15 is 0 Å². The third-order valence-electron chi connectivity index (χ3n) is 5.74. The molecule has 0 saturated carbocycles. The molecular weight excluding hydrogens is 392 g/mol. The van der Waals surface area contributed by atoms with E-state index in [0.29, 0.717) is 11.8 Å². The topological polar surface area (TPSA) is 24.8 Å². The number of nitrogens with zero attached hydrogens (tertiary/aromatic N) is 2. The van der Waals surface area contributed by atoms with Gasteiger partial charge < -0.3 is 4.84 Å². The van der Waals surface area contributed by atoms with Crippen molar-refractivity contribution >= 4 is 11.9 Å². The van der Waals surface area contributed by atoms with E-state index in [2.05, 4.69) is 99.6 Å². The zero-order chi connectivity index (χ0) is 24.4. The molecule has 2 aromatic carbocycles.